The summed E-state index contributed by atoms with van der Waals surface area (Å²) in [5, 5.41) is 14.0. The van der Waals surface area contributed by atoms with Crippen LogP contribution in [-0.4, -0.2) is 23.7 Å². The number of nitrogens with one attached hydrogen (secondary N) is 1. The fourth-order valence-electron chi connectivity index (χ4n) is 2.48. The molecule has 3 rings (SSSR count). The van der Waals surface area contributed by atoms with Crippen molar-refractivity contribution in [1.82, 2.24) is 5.32 Å². The molecule has 1 aliphatic rings. The van der Waals surface area contributed by atoms with Crippen molar-refractivity contribution in [1.29, 1.82) is 0 Å². The van der Waals surface area contributed by atoms with Gasteiger partial charge in [0.25, 0.3) is 5.91 Å². The van der Waals surface area contributed by atoms with E-state index in [1.165, 1.54) is 23.9 Å². The third-order valence-corrected chi connectivity index (χ3v) is 4.80. The molecule has 144 valence electrons. The quantitative estimate of drug-likeness (QED) is 0.575. The molecule has 6 nitrogen and oxygen atoms in total. The second kappa shape index (κ2) is 9.23. The molecule has 1 fully saturated rings. The minimum Gasteiger partial charge on any atom is -0.545 e. The summed E-state index contributed by atoms with van der Waals surface area (Å²) in [7, 11) is 0. The number of unbranched alkanes of at least 4 members (excludes halogenated alkanes) is 1. The Kier molecular flexibility index (Phi) is 6.49. The van der Waals surface area contributed by atoms with Crippen molar-refractivity contribution in [3.63, 3.8) is 0 Å². The third kappa shape index (κ3) is 5.23. The second-order valence-corrected chi connectivity index (χ2v) is 7.12. The number of hydrogen-bond acceptors (Lipinski definition) is 6. The molecular weight excluding hydrogens is 376 g/mol. The topological polar surface area (TPSA) is 90.8 Å². The molecule has 0 bridgehead atoms. The van der Waals surface area contributed by atoms with Crippen LogP contribution in [0.2, 0.25) is 0 Å². The van der Waals surface area contributed by atoms with Crippen LogP contribution in [0, 0.1) is 0 Å². The molecule has 0 saturated carbocycles. The summed E-state index contributed by atoms with van der Waals surface area (Å²) in [6.07, 6.45) is 3.82. The number of hydrogen-bond donors (Lipinski definition) is 1. The number of ether oxygens (including phenoxy) is 1. The summed E-state index contributed by atoms with van der Waals surface area (Å²) in [5.74, 6) is -0.761. The van der Waals surface area contributed by atoms with E-state index in [0.717, 1.165) is 24.2 Å². The van der Waals surface area contributed by atoms with Crippen LogP contribution in [0.5, 0.6) is 5.75 Å². The van der Waals surface area contributed by atoms with E-state index in [9.17, 15) is 14.7 Å². The second-order valence-electron chi connectivity index (χ2n) is 6.09. The Morgan fingerprint density at radius 3 is 2.86 bits per heavy atom. The first-order valence-electron chi connectivity index (χ1n) is 8.89. The van der Waals surface area contributed by atoms with Gasteiger partial charge < -0.3 is 20.0 Å². The summed E-state index contributed by atoms with van der Waals surface area (Å²) in [6, 6.07) is 13.6. The van der Waals surface area contributed by atoms with Crippen molar-refractivity contribution in [2.45, 2.75) is 19.8 Å². The molecule has 0 aliphatic carbocycles. The molecule has 2 aromatic rings. The smallest absolute Gasteiger partial charge is 0.264 e. The first kappa shape index (κ1) is 19.7. The van der Waals surface area contributed by atoms with Gasteiger partial charge in [-0.05, 0) is 59.7 Å². The van der Waals surface area contributed by atoms with Crippen LogP contribution in [-0.2, 0) is 4.79 Å². The first-order chi connectivity index (χ1) is 13.5. The molecule has 1 amide bonds. The highest BCUT2D eigenvalue weighted by atomic mass is 32.2. The number of carboxylic acids is 1. The van der Waals surface area contributed by atoms with E-state index in [2.05, 4.69) is 17.2 Å². The number of nitrogens with zero attached hydrogens (tertiary/aromatic N) is 1. The van der Waals surface area contributed by atoms with Crippen molar-refractivity contribution in [2.24, 2.45) is 4.99 Å². The lowest BCUT2D eigenvalue weighted by atomic mass is 10.2. The zero-order valence-corrected chi connectivity index (χ0v) is 16.1. The van der Waals surface area contributed by atoms with Gasteiger partial charge in [0.2, 0.25) is 0 Å². The number of amides is 1. The van der Waals surface area contributed by atoms with Crippen molar-refractivity contribution in [2.75, 3.05) is 6.61 Å². The fraction of sp³-hybridized carbons (Fsp3) is 0.190. The van der Waals surface area contributed by atoms with Crippen molar-refractivity contribution < 1.29 is 19.4 Å². The molecule has 1 aliphatic heterocycles. The molecule has 0 radical (unpaired) electrons. The Morgan fingerprint density at radius 1 is 1.25 bits per heavy atom. The maximum absolute atomic E-state index is 12.2. The molecule has 2 aromatic carbocycles. The predicted molar refractivity (Wildman–Crippen MR) is 108 cm³/mol. The van der Waals surface area contributed by atoms with Crippen LogP contribution in [0.4, 0.5) is 5.69 Å². The van der Waals surface area contributed by atoms with Gasteiger partial charge in [0.15, 0.2) is 5.17 Å². The maximum Gasteiger partial charge on any atom is 0.264 e. The SMILES string of the molecule is CCCCOc1cccc(/C=C2/SC(=Nc3cccc(C(=O)[O-])c3)NC2=O)c1. The Bertz CT molecular complexity index is 953. The molecule has 0 atom stereocenters. The standard InChI is InChI=1S/C21H20N2O4S/c1-2-3-10-27-17-9-4-6-14(11-17)12-18-19(24)23-21(28-18)22-16-8-5-7-15(13-16)20(25)26/h4-9,11-13H,2-3,10H2,1H3,(H,25,26)(H,22,23,24)/p-1/b18-12+. The Morgan fingerprint density at radius 2 is 2.07 bits per heavy atom. The van der Waals surface area contributed by atoms with Crippen LogP contribution < -0.4 is 15.2 Å². The molecule has 7 heteroatoms. The van der Waals surface area contributed by atoms with Crippen LogP contribution in [0.15, 0.2) is 58.4 Å². The van der Waals surface area contributed by atoms with Crippen LogP contribution in [0.1, 0.15) is 35.7 Å². The van der Waals surface area contributed by atoms with Gasteiger partial charge in [0.05, 0.1) is 23.2 Å². The highest BCUT2D eigenvalue weighted by molar-refractivity contribution is 8.18. The number of thioether (sulfide) groups is 1. The van der Waals surface area contributed by atoms with Gasteiger partial charge in [0.1, 0.15) is 5.75 Å². The Labute approximate surface area is 167 Å². The number of carbonyl (C=O) groups excluding carboxylic acids is 2. The molecule has 28 heavy (non-hydrogen) atoms. The summed E-state index contributed by atoms with van der Waals surface area (Å²) >= 11 is 1.20. The molecule has 1 N–H and O–H groups in total. The number of aromatic carboxylic acids is 1. The van der Waals surface area contributed by atoms with Crippen LogP contribution >= 0.6 is 11.8 Å². The number of benzene rings is 2. The van der Waals surface area contributed by atoms with E-state index >= 15 is 0 Å². The van der Waals surface area contributed by atoms with E-state index in [0.29, 0.717) is 22.4 Å². The number of rotatable bonds is 7. The van der Waals surface area contributed by atoms with E-state index in [-0.39, 0.29) is 11.5 Å². The normalized spacial score (nSPS) is 16.4. The number of aliphatic imine (C=N–C) groups is 1. The van der Waals surface area contributed by atoms with Gasteiger partial charge in [-0.25, -0.2) is 4.99 Å². The minimum atomic E-state index is -1.27. The van der Waals surface area contributed by atoms with Gasteiger partial charge >= 0.3 is 0 Å². The molecular formula is C21H19N2O4S-. The van der Waals surface area contributed by atoms with Crippen molar-refractivity contribution >= 4 is 40.6 Å². The summed E-state index contributed by atoms with van der Waals surface area (Å²) in [4.78, 5) is 28.0. The lowest BCUT2D eigenvalue weighted by molar-refractivity contribution is -0.255. The average Bonchev–Trinajstić information content (AvgIpc) is 3.01. The third-order valence-electron chi connectivity index (χ3n) is 3.89. The van der Waals surface area contributed by atoms with Gasteiger partial charge in [-0.2, -0.15) is 0 Å². The van der Waals surface area contributed by atoms with Gasteiger partial charge in [0, 0.05) is 0 Å². The molecule has 0 unspecified atom stereocenters. The lowest BCUT2D eigenvalue weighted by Crippen LogP contribution is -2.22. The largest absolute Gasteiger partial charge is 0.545 e. The average molecular weight is 395 g/mol. The summed E-state index contributed by atoms with van der Waals surface area (Å²) < 4.78 is 5.70. The predicted octanol–water partition coefficient (Wildman–Crippen LogP) is 3.12. The fourth-order valence-corrected chi connectivity index (χ4v) is 3.32. The monoisotopic (exact) mass is 395 g/mol. The molecule has 1 heterocycles. The zero-order chi connectivity index (χ0) is 19.9. The number of carbonyl (C=O) groups is 2. The highest BCUT2D eigenvalue weighted by Gasteiger charge is 2.23. The number of carboxylic acid groups (broad SMARTS) is 1. The molecule has 0 aromatic heterocycles. The van der Waals surface area contributed by atoms with Gasteiger partial charge in [-0.3, -0.25) is 4.79 Å². The van der Waals surface area contributed by atoms with E-state index in [1.807, 2.05) is 24.3 Å². The van der Waals surface area contributed by atoms with E-state index in [1.54, 1.807) is 18.2 Å². The zero-order valence-electron chi connectivity index (χ0n) is 15.3. The summed E-state index contributed by atoms with van der Waals surface area (Å²) in [6.45, 7) is 2.77. The summed E-state index contributed by atoms with van der Waals surface area (Å²) in [5.41, 5.74) is 1.32. The minimum absolute atomic E-state index is 0.0341. The lowest BCUT2D eigenvalue weighted by Gasteiger charge is -2.05. The first-order valence-corrected chi connectivity index (χ1v) is 9.70. The van der Waals surface area contributed by atoms with Crippen molar-refractivity contribution in [3.8, 4) is 5.75 Å². The van der Waals surface area contributed by atoms with E-state index in [4.69, 9.17) is 4.74 Å². The van der Waals surface area contributed by atoms with E-state index < -0.39 is 5.97 Å². The maximum atomic E-state index is 12.2. The Balaban J connectivity index is 1.74. The van der Waals surface area contributed by atoms with Crippen LogP contribution in [0.25, 0.3) is 6.08 Å². The molecule has 1 saturated heterocycles. The highest BCUT2D eigenvalue weighted by Crippen LogP contribution is 2.29. The van der Waals surface area contributed by atoms with Gasteiger partial charge in [-0.1, -0.05) is 37.6 Å². The van der Waals surface area contributed by atoms with Crippen molar-refractivity contribution in [3.05, 3.63) is 64.6 Å². The Hall–Kier alpha value is -3.06. The number of amidine groups is 1. The van der Waals surface area contributed by atoms with Gasteiger partial charge in [-0.15, -0.1) is 0 Å². The molecule has 0 spiro atoms. The van der Waals surface area contributed by atoms with Crippen LogP contribution in [0.3, 0.4) is 0 Å².